The first-order valence-corrected chi connectivity index (χ1v) is 9.07. The molecule has 0 radical (unpaired) electrons. The molecule has 1 fully saturated rings. The summed E-state index contributed by atoms with van der Waals surface area (Å²) in [4.78, 5) is 14.2. The first kappa shape index (κ1) is 17.6. The number of methoxy groups -OCH3 is 1. The number of carbonyl (C=O) groups is 1. The summed E-state index contributed by atoms with van der Waals surface area (Å²) >= 11 is 1.45. The van der Waals surface area contributed by atoms with Crippen molar-refractivity contribution in [1.29, 1.82) is 0 Å². The fraction of sp³-hybridized carbons (Fsp3) is 0.471. The van der Waals surface area contributed by atoms with E-state index in [9.17, 15) is 4.79 Å². The van der Waals surface area contributed by atoms with E-state index in [1.165, 1.54) is 24.2 Å². The van der Waals surface area contributed by atoms with Gasteiger partial charge in [0.05, 0.1) is 13.2 Å². The van der Waals surface area contributed by atoms with Crippen LogP contribution in [0, 0.1) is 0 Å². The lowest BCUT2D eigenvalue weighted by molar-refractivity contribution is 0.243. The Balaban J connectivity index is 1.57. The largest absolute Gasteiger partial charge is 0.497 e. The molecule has 2 N–H and O–H groups in total. The fourth-order valence-corrected chi connectivity index (χ4v) is 3.47. The highest BCUT2D eigenvalue weighted by Crippen LogP contribution is 2.42. The molecule has 25 heavy (non-hydrogen) atoms. The molecule has 1 aromatic heterocycles. The highest BCUT2D eigenvalue weighted by Gasteiger charge is 2.27. The van der Waals surface area contributed by atoms with Gasteiger partial charge in [0.1, 0.15) is 10.8 Å². The molecule has 7 nitrogen and oxygen atoms in total. The van der Waals surface area contributed by atoms with Crippen molar-refractivity contribution in [3.8, 4) is 5.75 Å². The summed E-state index contributed by atoms with van der Waals surface area (Å²) in [6, 6.07) is 7.64. The van der Waals surface area contributed by atoms with Crippen LogP contribution >= 0.6 is 11.3 Å². The van der Waals surface area contributed by atoms with Crippen molar-refractivity contribution in [2.24, 2.45) is 0 Å². The standard InChI is InChI=1S/C17H23N5O2S/c1-22(2)14(12-5-4-6-13(9-12)24-3)10-18-16(23)19-17-21-20-15(25-17)11-7-8-11/h4-6,9,11,14H,7-8,10H2,1-3H3,(H2,18,19,21,23). The number of hydrogen-bond donors (Lipinski definition) is 2. The van der Waals surface area contributed by atoms with Crippen molar-refractivity contribution in [2.75, 3.05) is 33.1 Å². The summed E-state index contributed by atoms with van der Waals surface area (Å²) in [5.41, 5.74) is 1.08. The molecule has 2 aromatic rings. The maximum atomic E-state index is 12.2. The van der Waals surface area contributed by atoms with E-state index in [1.807, 2.05) is 38.4 Å². The van der Waals surface area contributed by atoms with Crippen molar-refractivity contribution in [2.45, 2.75) is 24.8 Å². The number of ether oxygens (including phenoxy) is 1. The zero-order valence-electron chi connectivity index (χ0n) is 14.7. The quantitative estimate of drug-likeness (QED) is 0.793. The predicted octanol–water partition coefficient (Wildman–Crippen LogP) is 2.85. The summed E-state index contributed by atoms with van der Waals surface area (Å²) in [6.45, 7) is 0.473. The second-order valence-corrected chi connectivity index (χ2v) is 7.32. The van der Waals surface area contributed by atoms with Crippen LogP contribution in [0.3, 0.4) is 0 Å². The first-order valence-electron chi connectivity index (χ1n) is 8.25. The lowest BCUT2D eigenvalue weighted by Crippen LogP contribution is -2.36. The van der Waals surface area contributed by atoms with Gasteiger partial charge in [-0.15, -0.1) is 10.2 Å². The van der Waals surface area contributed by atoms with Crippen LogP contribution in [0.5, 0.6) is 5.75 Å². The minimum Gasteiger partial charge on any atom is -0.497 e. The Bertz CT molecular complexity index is 729. The van der Waals surface area contributed by atoms with Crippen LogP contribution in [-0.2, 0) is 0 Å². The lowest BCUT2D eigenvalue weighted by Gasteiger charge is -2.25. The molecule has 0 saturated heterocycles. The summed E-state index contributed by atoms with van der Waals surface area (Å²) in [6.07, 6.45) is 2.35. The molecule has 0 bridgehead atoms. The van der Waals surface area contributed by atoms with Gasteiger partial charge in [0.25, 0.3) is 0 Å². The monoisotopic (exact) mass is 361 g/mol. The van der Waals surface area contributed by atoms with E-state index in [2.05, 4.69) is 25.7 Å². The number of amides is 2. The number of hydrogen-bond acceptors (Lipinski definition) is 6. The van der Waals surface area contributed by atoms with Crippen molar-refractivity contribution < 1.29 is 9.53 Å². The van der Waals surface area contributed by atoms with Gasteiger partial charge in [-0.2, -0.15) is 0 Å². The summed E-state index contributed by atoms with van der Waals surface area (Å²) < 4.78 is 5.28. The van der Waals surface area contributed by atoms with Gasteiger partial charge >= 0.3 is 6.03 Å². The van der Waals surface area contributed by atoms with Gasteiger partial charge in [-0.25, -0.2) is 4.79 Å². The molecule has 8 heteroatoms. The number of urea groups is 1. The molecule has 0 spiro atoms. The SMILES string of the molecule is COc1cccc(C(CNC(=O)Nc2nnc(C3CC3)s2)N(C)C)c1. The Morgan fingerprint density at radius 3 is 2.88 bits per heavy atom. The number of likely N-dealkylation sites (N-methyl/N-ethyl adjacent to an activating group) is 1. The van der Waals surface area contributed by atoms with Gasteiger partial charge in [-0.1, -0.05) is 23.5 Å². The van der Waals surface area contributed by atoms with Crippen LogP contribution in [0.4, 0.5) is 9.93 Å². The van der Waals surface area contributed by atoms with Crippen molar-refractivity contribution in [3.05, 3.63) is 34.8 Å². The summed E-state index contributed by atoms with van der Waals surface area (Å²) in [5.74, 6) is 1.34. The van der Waals surface area contributed by atoms with E-state index >= 15 is 0 Å². The van der Waals surface area contributed by atoms with Crippen LogP contribution in [-0.4, -0.2) is 48.9 Å². The van der Waals surface area contributed by atoms with Crippen molar-refractivity contribution in [1.82, 2.24) is 20.4 Å². The third kappa shape index (κ3) is 4.67. The number of nitrogens with one attached hydrogen (secondary N) is 2. The molecule has 1 saturated carbocycles. The highest BCUT2D eigenvalue weighted by atomic mass is 32.1. The second kappa shape index (κ2) is 7.79. The third-order valence-electron chi connectivity index (χ3n) is 4.15. The second-order valence-electron chi connectivity index (χ2n) is 6.31. The van der Waals surface area contributed by atoms with Gasteiger partial charge in [0.2, 0.25) is 5.13 Å². The average Bonchev–Trinajstić information content (AvgIpc) is 3.35. The number of anilines is 1. The molecule has 1 atom stereocenters. The molecule has 1 heterocycles. The Hall–Kier alpha value is -2.19. The number of rotatable bonds is 7. The molecule has 2 amide bonds. The minimum absolute atomic E-state index is 0.0392. The Kier molecular flexibility index (Phi) is 5.50. The Morgan fingerprint density at radius 1 is 1.40 bits per heavy atom. The van der Waals surface area contributed by atoms with Crippen LogP contribution in [0.2, 0.25) is 0 Å². The summed E-state index contributed by atoms with van der Waals surface area (Å²) in [5, 5.41) is 15.4. The van der Waals surface area contributed by atoms with E-state index in [0.29, 0.717) is 17.6 Å². The number of benzene rings is 1. The van der Waals surface area contributed by atoms with E-state index in [1.54, 1.807) is 7.11 Å². The molecule has 1 aliphatic rings. The molecular weight excluding hydrogens is 338 g/mol. The number of nitrogens with zero attached hydrogens (tertiary/aromatic N) is 3. The highest BCUT2D eigenvalue weighted by molar-refractivity contribution is 7.15. The maximum absolute atomic E-state index is 12.2. The maximum Gasteiger partial charge on any atom is 0.321 e. The van der Waals surface area contributed by atoms with E-state index < -0.39 is 0 Å². The summed E-state index contributed by atoms with van der Waals surface area (Å²) in [7, 11) is 5.61. The van der Waals surface area contributed by atoms with Crippen molar-refractivity contribution in [3.63, 3.8) is 0 Å². The van der Waals surface area contributed by atoms with Gasteiger partial charge in [-0.3, -0.25) is 5.32 Å². The van der Waals surface area contributed by atoms with Crippen LogP contribution < -0.4 is 15.4 Å². The molecule has 1 aromatic carbocycles. The number of aromatic nitrogens is 2. The Morgan fingerprint density at radius 2 is 2.20 bits per heavy atom. The lowest BCUT2D eigenvalue weighted by atomic mass is 10.1. The van der Waals surface area contributed by atoms with Gasteiger partial charge in [0.15, 0.2) is 0 Å². The molecule has 3 rings (SSSR count). The molecule has 134 valence electrons. The molecule has 1 unspecified atom stereocenters. The van der Waals surface area contributed by atoms with E-state index in [4.69, 9.17) is 4.74 Å². The van der Waals surface area contributed by atoms with Crippen molar-refractivity contribution >= 4 is 22.5 Å². The molecule has 1 aliphatic carbocycles. The van der Waals surface area contributed by atoms with Gasteiger partial charge in [0, 0.05) is 12.5 Å². The van der Waals surface area contributed by atoms with Gasteiger partial charge in [-0.05, 0) is 44.6 Å². The van der Waals surface area contributed by atoms with Crippen LogP contribution in [0.1, 0.15) is 35.4 Å². The Labute approximate surface area is 151 Å². The minimum atomic E-state index is -0.270. The predicted molar refractivity (Wildman–Crippen MR) is 98.3 cm³/mol. The zero-order valence-corrected chi connectivity index (χ0v) is 15.5. The zero-order chi connectivity index (χ0) is 17.8. The topological polar surface area (TPSA) is 79.4 Å². The van der Waals surface area contributed by atoms with Gasteiger partial charge < -0.3 is 15.0 Å². The molecular formula is C17H23N5O2S. The average molecular weight is 361 g/mol. The number of carbonyl (C=O) groups excluding carboxylic acids is 1. The first-order chi connectivity index (χ1) is 12.1. The van der Waals surface area contributed by atoms with Crippen LogP contribution in [0.15, 0.2) is 24.3 Å². The molecule has 0 aliphatic heterocycles. The smallest absolute Gasteiger partial charge is 0.321 e. The fourth-order valence-electron chi connectivity index (χ4n) is 2.56. The van der Waals surface area contributed by atoms with E-state index in [0.717, 1.165) is 16.3 Å². The normalized spacial score (nSPS) is 15.0. The van der Waals surface area contributed by atoms with E-state index in [-0.39, 0.29) is 12.1 Å². The third-order valence-corrected chi connectivity index (χ3v) is 5.15. The van der Waals surface area contributed by atoms with Crippen LogP contribution in [0.25, 0.3) is 0 Å².